The molecule has 0 saturated carbocycles. The number of phenolic OH excluding ortho intramolecular Hbond substituents is 1. The summed E-state index contributed by atoms with van der Waals surface area (Å²) in [6.07, 6.45) is 8.32. The maximum atomic E-state index is 12.9. The number of imidazole rings is 1. The first-order valence-electron chi connectivity index (χ1n) is 11.9. The highest BCUT2D eigenvalue weighted by atomic mass is 32.2. The van der Waals surface area contributed by atoms with Gasteiger partial charge in [-0.1, -0.05) is 11.8 Å². The maximum Gasteiger partial charge on any atom is 0.320 e. The van der Waals surface area contributed by atoms with Gasteiger partial charge in [-0.2, -0.15) is 0 Å². The highest BCUT2D eigenvalue weighted by Crippen LogP contribution is 2.65. The summed E-state index contributed by atoms with van der Waals surface area (Å²) in [6.45, 7) is 0.624. The zero-order chi connectivity index (χ0) is 25.6. The first kappa shape index (κ1) is 22.8. The van der Waals surface area contributed by atoms with Crippen LogP contribution in [0.2, 0.25) is 0 Å². The molecule has 5 heterocycles. The van der Waals surface area contributed by atoms with E-state index in [0.717, 1.165) is 37.9 Å². The lowest BCUT2D eigenvalue weighted by molar-refractivity contribution is -0.138. The fourth-order valence-electron chi connectivity index (χ4n) is 5.87. The summed E-state index contributed by atoms with van der Waals surface area (Å²) >= 11 is 2.95. The number of carboxylic acid groups (broad SMARTS) is 1. The van der Waals surface area contributed by atoms with E-state index in [0.29, 0.717) is 35.1 Å². The molecule has 1 aromatic carbocycles. The molecule has 37 heavy (non-hydrogen) atoms. The summed E-state index contributed by atoms with van der Waals surface area (Å²) in [5.41, 5.74) is 8.95. The molecule has 1 spiro atoms. The van der Waals surface area contributed by atoms with Crippen LogP contribution in [0.5, 0.6) is 5.75 Å². The Bertz CT molecular complexity index is 1670. The normalized spacial score (nSPS) is 25.0. The Morgan fingerprint density at radius 2 is 2.27 bits per heavy atom. The second-order valence-electron chi connectivity index (χ2n) is 9.72. The number of allylic oxidation sites excluding steroid dienone is 4. The van der Waals surface area contributed by atoms with Crippen LogP contribution in [0, 0.1) is 0 Å². The topological polar surface area (TPSA) is 155 Å². The number of thioether (sulfide) groups is 2. The molecule has 188 valence electrons. The van der Waals surface area contributed by atoms with Crippen molar-refractivity contribution in [2.45, 2.75) is 41.1 Å². The molecule has 0 radical (unpaired) electrons. The molecule has 2 bridgehead atoms. The molecule has 5 aliphatic rings. The number of carboxylic acids is 1. The third kappa shape index (κ3) is 3.09. The van der Waals surface area contributed by atoms with Crippen LogP contribution in [0.1, 0.15) is 24.1 Å². The lowest BCUT2D eigenvalue weighted by Crippen LogP contribution is -2.45. The van der Waals surface area contributed by atoms with Gasteiger partial charge in [0.05, 0.1) is 33.9 Å². The van der Waals surface area contributed by atoms with Crippen LogP contribution in [-0.2, 0) is 28.5 Å². The Kier molecular flexibility index (Phi) is 4.83. The molecule has 1 saturated heterocycles. The van der Waals surface area contributed by atoms with Crippen LogP contribution in [0.15, 0.2) is 43.3 Å². The summed E-state index contributed by atoms with van der Waals surface area (Å²) in [4.78, 5) is 40.1. The molecule has 1 aromatic heterocycles. The van der Waals surface area contributed by atoms with Gasteiger partial charge in [-0.05, 0) is 30.6 Å². The number of aryl methyl sites for hydroxylation is 1. The summed E-state index contributed by atoms with van der Waals surface area (Å²) in [5.74, 6) is -1.10. The predicted octanol–water partition coefficient (Wildman–Crippen LogP) is 1.24. The fraction of sp³-hybridized carbons (Fsp3) is 0.320. The molecule has 1 fully saturated rings. The van der Waals surface area contributed by atoms with E-state index in [4.69, 9.17) is 10.7 Å². The van der Waals surface area contributed by atoms with E-state index in [2.05, 4.69) is 15.3 Å². The number of fused-ring (bicyclic) bond motifs is 3. The van der Waals surface area contributed by atoms with Gasteiger partial charge in [0.2, 0.25) is 0 Å². The van der Waals surface area contributed by atoms with E-state index in [1.54, 1.807) is 41.9 Å². The SMILES string of the molecule is Cn1cnc(SC2=CC(=O)C=C3SC4CC23c2c(c(O)c3c5c2=NCCC=5C=N3)N4)c1CC(N)C(=O)O. The number of carbonyl (C=O) groups excluding carboxylic acids is 1. The molecule has 7 rings (SSSR count). The van der Waals surface area contributed by atoms with Gasteiger partial charge in [0, 0.05) is 46.8 Å². The van der Waals surface area contributed by atoms with Crippen molar-refractivity contribution >= 4 is 58.4 Å². The van der Waals surface area contributed by atoms with Gasteiger partial charge >= 0.3 is 5.97 Å². The predicted molar refractivity (Wildman–Crippen MR) is 141 cm³/mol. The van der Waals surface area contributed by atoms with Gasteiger partial charge < -0.3 is 25.8 Å². The zero-order valence-electron chi connectivity index (χ0n) is 19.7. The number of benzene rings is 1. The van der Waals surface area contributed by atoms with Crippen LogP contribution in [0.4, 0.5) is 11.4 Å². The molecule has 12 heteroatoms. The Morgan fingerprint density at radius 1 is 1.43 bits per heavy atom. The first-order chi connectivity index (χ1) is 17.8. The minimum Gasteiger partial charge on any atom is -0.504 e. The van der Waals surface area contributed by atoms with Crippen molar-refractivity contribution in [1.29, 1.82) is 0 Å². The van der Waals surface area contributed by atoms with Gasteiger partial charge in [-0.15, -0.1) is 11.8 Å². The maximum absolute atomic E-state index is 12.9. The lowest BCUT2D eigenvalue weighted by Gasteiger charge is -2.39. The Balaban J connectivity index is 1.44. The number of aliphatic imine (C=N–C) groups is 1. The number of nitrogens with zero attached hydrogens (tertiary/aromatic N) is 4. The fourth-order valence-corrected chi connectivity index (χ4v) is 8.73. The van der Waals surface area contributed by atoms with Crippen molar-refractivity contribution in [2.75, 3.05) is 11.9 Å². The zero-order valence-corrected chi connectivity index (χ0v) is 21.3. The Labute approximate surface area is 219 Å². The van der Waals surface area contributed by atoms with E-state index in [-0.39, 0.29) is 23.3 Å². The number of nitrogens with one attached hydrogen (secondary N) is 1. The van der Waals surface area contributed by atoms with Crippen molar-refractivity contribution in [3.05, 3.63) is 50.1 Å². The number of carbonyl (C=O) groups is 2. The third-order valence-corrected chi connectivity index (χ3v) is 10.1. The number of rotatable bonds is 5. The van der Waals surface area contributed by atoms with Crippen LogP contribution >= 0.6 is 23.5 Å². The number of anilines is 1. The second-order valence-corrected chi connectivity index (χ2v) is 12.0. The summed E-state index contributed by atoms with van der Waals surface area (Å²) in [6, 6.07) is -1.08. The van der Waals surface area contributed by atoms with Gasteiger partial charge in [0.1, 0.15) is 16.8 Å². The quantitative estimate of drug-likeness (QED) is 0.415. The highest BCUT2D eigenvalue weighted by molar-refractivity contribution is 8.05. The summed E-state index contributed by atoms with van der Waals surface area (Å²) in [5, 5.41) is 26.5. The van der Waals surface area contributed by atoms with Crippen LogP contribution < -0.4 is 21.6 Å². The smallest absolute Gasteiger partial charge is 0.320 e. The molecule has 3 unspecified atom stereocenters. The Morgan fingerprint density at radius 3 is 3.08 bits per heavy atom. The second kappa shape index (κ2) is 7.83. The highest BCUT2D eigenvalue weighted by Gasteiger charge is 2.56. The monoisotopic (exact) mass is 534 g/mol. The van der Waals surface area contributed by atoms with Gasteiger partial charge in [-0.3, -0.25) is 19.6 Å². The number of ketones is 1. The first-order valence-corrected chi connectivity index (χ1v) is 13.6. The van der Waals surface area contributed by atoms with E-state index in [1.807, 2.05) is 6.21 Å². The molecule has 2 aromatic rings. The average Bonchev–Trinajstić information content (AvgIpc) is 3.53. The average molecular weight is 535 g/mol. The van der Waals surface area contributed by atoms with Gasteiger partial charge in [0.15, 0.2) is 11.5 Å². The van der Waals surface area contributed by atoms with Crippen molar-refractivity contribution in [3.8, 4) is 5.75 Å². The number of hydrogen-bond acceptors (Lipinski definition) is 10. The molecule has 5 N–H and O–H groups in total. The van der Waals surface area contributed by atoms with E-state index >= 15 is 0 Å². The lowest BCUT2D eigenvalue weighted by atomic mass is 9.71. The largest absolute Gasteiger partial charge is 0.504 e. The molecule has 4 aliphatic heterocycles. The van der Waals surface area contributed by atoms with Crippen LogP contribution in [0.25, 0.3) is 5.57 Å². The minimum atomic E-state index is -1.09. The van der Waals surface area contributed by atoms with Crippen LogP contribution in [-0.4, -0.2) is 55.7 Å². The Hall–Kier alpha value is -3.35. The molecule has 0 amide bonds. The van der Waals surface area contributed by atoms with Crippen molar-refractivity contribution in [2.24, 2.45) is 22.8 Å². The van der Waals surface area contributed by atoms with E-state index in [9.17, 15) is 19.8 Å². The molecule has 3 atom stereocenters. The summed E-state index contributed by atoms with van der Waals surface area (Å²) in [7, 11) is 1.80. The van der Waals surface area contributed by atoms with Gasteiger partial charge in [0.25, 0.3) is 0 Å². The molecular formula is C25H22N6O4S2. The van der Waals surface area contributed by atoms with Crippen molar-refractivity contribution in [3.63, 3.8) is 0 Å². The van der Waals surface area contributed by atoms with Crippen molar-refractivity contribution in [1.82, 2.24) is 9.55 Å². The number of aromatic hydroxyl groups is 1. The van der Waals surface area contributed by atoms with Crippen molar-refractivity contribution < 1.29 is 19.8 Å². The standard InChI is InChI=1S/C25H22N6O4S2/c1-31-9-29-23(13(31)6-12(26)24(34)35)37-15-5-11(32)4-14-25(15)7-16(36-14)30-21-18(25)19-17-10(2-3-27-19)8-28-20(17)22(21)33/h4-5,8-9,12,16,30,33H,2-3,6-7,26H2,1H3,(H,34,35). The molecule has 10 nitrogen and oxygen atoms in total. The van der Waals surface area contributed by atoms with E-state index < -0.39 is 17.4 Å². The number of hydrogen-bond donors (Lipinski definition) is 4. The number of phenols is 1. The van der Waals surface area contributed by atoms with E-state index in [1.165, 1.54) is 11.8 Å². The van der Waals surface area contributed by atoms with Crippen LogP contribution in [0.3, 0.4) is 0 Å². The molecule has 1 aliphatic carbocycles. The van der Waals surface area contributed by atoms with Gasteiger partial charge in [-0.25, -0.2) is 4.98 Å². The third-order valence-electron chi connectivity index (χ3n) is 7.58. The number of aromatic nitrogens is 2. The molecular weight excluding hydrogens is 512 g/mol. The minimum absolute atomic E-state index is 0.0501. The summed E-state index contributed by atoms with van der Waals surface area (Å²) < 4.78 is 1.77. The number of aliphatic carboxylic acids is 1. The number of nitrogens with two attached hydrogens (primary N) is 1.